The number of aromatic nitrogens is 6. The van der Waals surface area contributed by atoms with Gasteiger partial charge in [0.2, 0.25) is 5.13 Å². The van der Waals surface area contributed by atoms with Crippen molar-refractivity contribution < 1.29 is 0 Å². The van der Waals surface area contributed by atoms with Crippen LogP contribution in [-0.2, 0) is 0 Å². The first-order chi connectivity index (χ1) is 12.7. The van der Waals surface area contributed by atoms with Crippen molar-refractivity contribution in [3.63, 3.8) is 0 Å². The van der Waals surface area contributed by atoms with E-state index in [1.807, 2.05) is 30.3 Å². The molecule has 0 aliphatic carbocycles. The van der Waals surface area contributed by atoms with Crippen molar-refractivity contribution in [2.24, 2.45) is 0 Å². The number of nitrogens with one attached hydrogen (secondary N) is 2. The van der Waals surface area contributed by atoms with Gasteiger partial charge >= 0.3 is 0 Å². The lowest BCUT2D eigenvalue weighted by atomic mass is 10.3. The van der Waals surface area contributed by atoms with E-state index in [1.165, 1.54) is 29.3 Å². The van der Waals surface area contributed by atoms with Crippen LogP contribution >= 0.6 is 23.1 Å². The molecule has 0 aliphatic rings. The van der Waals surface area contributed by atoms with Crippen LogP contribution in [0.4, 0.5) is 5.13 Å². The Balaban J connectivity index is 1.68. The van der Waals surface area contributed by atoms with Gasteiger partial charge in [-0.15, -0.1) is 10.2 Å². The minimum absolute atomic E-state index is 0.228. The van der Waals surface area contributed by atoms with Gasteiger partial charge in [-0.1, -0.05) is 36.5 Å². The zero-order valence-electron chi connectivity index (χ0n) is 13.8. The van der Waals surface area contributed by atoms with Crippen molar-refractivity contribution in [3.8, 4) is 5.69 Å². The molecule has 4 aromatic rings. The molecule has 26 heavy (non-hydrogen) atoms. The Morgan fingerprint density at radius 2 is 2.12 bits per heavy atom. The van der Waals surface area contributed by atoms with Gasteiger partial charge in [-0.3, -0.25) is 4.79 Å². The average molecular weight is 385 g/mol. The summed E-state index contributed by atoms with van der Waals surface area (Å²) in [5.41, 5.74) is 1.13. The molecular weight excluding hydrogens is 370 g/mol. The Morgan fingerprint density at radius 1 is 1.27 bits per heavy atom. The smallest absolute Gasteiger partial charge is 0.262 e. The van der Waals surface area contributed by atoms with Crippen molar-refractivity contribution in [2.75, 3.05) is 11.9 Å². The molecule has 0 saturated carbocycles. The lowest BCUT2D eigenvalue weighted by Crippen LogP contribution is -2.09. The second-order valence-corrected chi connectivity index (χ2v) is 7.62. The van der Waals surface area contributed by atoms with Crippen LogP contribution < -0.4 is 10.9 Å². The van der Waals surface area contributed by atoms with E-state index in [1.54, 1.807) is 4.68 Å². The lowest BCUT2D eigenvalue weighted by molar-refractivity contribution is 0.872. The summed E-state index contributed by atoms with van der Waals surface area (Å²) in [6, 6.07) is 9.59. The summed E-state index contributed by atoms with van der Waals surface area (Å²) >= 11 is 2.70. The highest BCUT2D eigenvalue weighted by Gasteiger charge is 2.14. The minimum atomic E-state index is -0.228. The van der Waals surface area contributed by atoms with Crippen LogP contribution in [0.2, 0.25) is 0 Å². The Kier molecular flexibility index (Phi) is 4.67. The molecule has 132 valence electrons. The molecule has 10 heteroatoms. The fourth-order valence-electron chi connectivity index (χ4n) is 2.34. The first kappa shape index (κ1) is 16.7. The zero-order valence-corrected chi connectivity index (χ0v) is 15.5. The van der Waals surface area contributed by atoms with Gasteiger partial charge in [-0.25, -0.2) is 9.67 Å². The maximum absolute atomic E-state index is 12.4. The minimum Gasteiger partial charge on any atom is -0.360 e. The number of hydrogen-bond donors (Lipinski definition) is 2. The summed E-state index contributed by atoms with van der Waals surface area (Å²) in [7, 11) is 0. The molecule has 3 heterocycles. The maximum Gasteiger partial charge on any atom is 0.262 e. The van der Waals surface area contributed by atoms with Crippen molar-refractivity contribution >= 4 is 39.3 Å². The van der Waals surface area contributed by atoms with Crippen LogP contribution in [0, 0.1) is 0 Å². The zero-order chi connectivity index (χ0) is 17.9. The molecule has 0 spiro atoms. The van der Waals surface area contributed by atoms with E-state index in [0.29, 0.717) is 20.5 Å². The molecule has 1 aromatic carbocycles. The van der Waals surface area contributed by atoms with Crippen LogP contribution in [0.15, 0.2) is 50.8 Å². The van der Waals surface area contributed by atoms with E-state index < -0.39 is 0 Å². The molecule has 2 N–H and O–H groups in total. The van der Waals surface area contributed by atoms with Crippen molar-refractivity contribution in [3.05, 3.63) is 46.9 Å². The van der Waals surface area contributed by atoms with Gasteiger partial charge < -0.3 is 10.3 Å². The van der Waals surface area contributed by atoms with Crippen LogP contribution in [0.25, 0.3) is 16.7 Å². The Hall–Kier alpha value is -2.72. The van der Waals surface area contributed by atoms with E-state index >= 15 is 0 Å². The third-order valence-corrected chi connectivity index (χ3v) is 5.35. The number of rotatable bonds is 6. The highest BCUT2D eigenvalue weighted by atomic mass is 32.2. The second-order valence-electron chi connectivity index (χ2n) is 5.40. The molecule has 0 fully saturated rings. The first-order valence-corrected chi connectivity index (χ1v) is 9.66. The third kappa shape index (κ3) is 3.33. The quantitative estimate of drug-likeness (QED) is 0.492. The van der Waals surface area contributed by atoms with E-state index in [4.69, 9.17) is 0 Å². The summed E-state index contributed by atoms with van der Waals surface area (Å²) in [6.45, 7) is 2.93. The number of benzene rings is 1. The lowest BCUT2D eigenvalue weighted by Gasteiger charge is -2.03. The normalized spacial score (nSPS) is 11.1. The number of H-pyrrole nitrogens is 1. The van der Waals surface area contributed by atoms with Crippen molar-refractivity contribution in [2.45, 2.75) is 22.8 Å². The highest BCUT2D eigenvalue weighted by Crippen LogP contribution is 2.30. The number of nitrogens with zero attached hydrogens (tertiary/aromatic N) is 5. The Labute approximate surface area is 156 Å². The van der Waals surface area contributed by atoms with Gasteiger partial charge in [-0.2, -0.15) is 5.10 Å². The summed E-state index contributed by atoms with van der Waals surface area (Å²) < 4.78 is 2.36. The van der Waals surface area contributed by atoms with Crippen LogP contribution in [0.5, 0.6) is 0 Å². The fourth-order valence-corrected chi connectivity index (χ4v) is 4.01. The number of aromatic amines is 1. The second kappa shape index (κ2) is 7.26. The average Bonchev–Trinajstić information content (AvgIpc) is 3.28. The SMILES string of the molecule is CCCNc1nnc(Sc2nc3c(cnn3-c3ccccc3)c(=O)[nH]2)s1. The molecule has 0 atom stereocenters. The molecule has 4 rings (SSSR count). The number of hydrogen-bond acceptors (Lipinski definition) is 8. The van der Waals surface area contributed by atoms with Gasteiger partial charge in [0.05, 0.1) is 11.9 Å². The fraction of sp³-hybridized carbons (Fsp3) is 0.188. The van der Waals surface area contributed by atoms with E-state index in [0.717, 1.165) is 23.8 Å². The number of fused-ring (bicyclic) bond motifs is 1. The predicted molar refractivity (Wildman–Crippen MR) is 102 cm³/mol. The maximum atomic E-state index is 12.4. The standard InChI is InChI=1S/C16H15N7OS2/c1-2-8-17-14-21-22-16(25-14)26-15-19-12-11(13(24)20-15)9-18-23(12)10-6-4-3-5-7-10/h3-7,9H,2,8H2,1H3,(H,17,21)(H,19,20,24). The molecule has 0 unspecified atom stereocenters. The monoisotopic (exact) mass is 385 g/mol. The molecule has 0 radical (unpaired) electrons. The van der Waals surface area contributed by atoms with Gasteiger partial charge in [0, 0.05) is 6.54 Å². The molecule has 0 saturated heterocycles. The number of anilines is 1. The topological polar surface area (TPSA) is 101 Å². The molecule has 3 aromatic heterocycles. The first-order valence-electron chi connectivity index (χ1n) is 8.03. The summed E-state index contributed by atoms with van der Waals surface area (Å²) in [6.07, 6.45) is 2.54. The Morgan fingerprint density at radius 3 is 2.92 bits per heavy atom. The molecule has 0 bridgehead atoms. The summed E-state index contributed by atoms with van der Waals surface area (Å²) in [5, 5.41) is 17.4. The molecule has 0 aliphatic heterocycles. The van der Waals surface area contributed by atoms with Crippen molar-refractivity contribution in [1.29, 1.82) is 0 Å². The van der Waals surface area contributed by atoms with Crippen LogP contribution in [0.3, 0.4) is 0 Å². The summed E-state index contributed by atoms with van der Waals surface area (Å²) in [4.78, 5) is 19.7. The van der Waals surface area contributed by atoms with Gasteiger partial charge in [-0.05, 0) is 30.3 Å². The van der Waals surface area contributed by atoms with E-state index in [9.17, 15) is 4.79 Å². The molecule has 8 nitrogen and oxygen atoms in total. The van der Waals surface area contributed by atoms with E-state index in [2.05, 4.69) is 37.5 Å². The highest BCUT2D eigenvalue weighted by molar-refractivity contribution is 8.00. The van der Waals surface area contributed by atoms with Gasteiger partial charge in [0.25, 0.3) is 5.56 Å². The summed E-state index contributed by atoms with van der Waals surface area (Å²) in [5.74, 6) is 0. The Bertz CT molecular complexity index is 1090. The number of para-hydroxylation sites is 1. The third-order valence-electron chi connectivity index (χ3n) is 3.53. The largest absolute Gasteiger partial charge is 0.360 e. The predicted octanol–water partition coefficient (Wildman–Crippen LogP) is 2.93. The van der Waals surface area contributed by atoms with E-state index in [-0.39, 0.29) is 5.56 Å². The van der Waals surface area contributed by atoms with Crippen molar-refractivity contribution in [1.82, 2.24) is 29.9 Å². The molecular formula is C16H15N7OS2. The van der Waals surface area contributed by atoms with Gasteiger partial charge in [0.1, 0.15) is 5.39 Å². The van der Waals surface area contributed by atoms with Gasteiger partial charge in [0.15, 0.2) is 15.1 Å². The molecule has 0 amide bonds. The van der Waals surface area contributed by atoms with Crippen LogP contribution in [0.1, 0.15) is 13.3 Å². The van der Waals surface area contributed by atoms with Crippen LogP contribution in [-0.4, -0.2) is 36.5 Å².